The van der Waals surface area contributed by atoms with Crippen LogP contribution in [-0.4, -0.2) is 9.78 Å². The molecule has 0 aliphatic heterocycles. The standard InChI is InChI=1S/C23H16F5N3O/c24-16-10-9-15(19(25)11-16)13-31-20-8-4-2-6-17(20)21(32)22(30-31)29-12-14-5-1-3-7-18(14)23(26,27)28/h1-11H,12-13H2,(H,29,30). The Morgan fingerprint density at radius 1 is 0.906 bits per heavy atom. The average Bonchev–Trinajstić information content (AvgIpc) is 2.76. The largest absolute Gasteiger partial charge is 0.416 e. The highest BCUT2D eigenvalue weighted by Crippen LogP contribution is 2.32. The van der Waals surface area contributed by atoms with Crippen molar-refractivity contribution in [1.82, 2.24) is 9.78 Å². The minimum atomic E-state index is -4.55. The minimum absolute atomic E-state index is 0.0505. The Kier molecular flexibility index (Phi) is 5.65. The van der Waals surface area contributed by atoms with E-state index in [4.69, 9.17) is 0 Å². The third kappa shape index (κ3) is 4.32. The molecule has 4 aromatic rings. The third-order valence-electron chi connectivity index (χ3n) is 4.97. The Hall–Kier alpha value is -3.75. The van der Waals surface area contributed by atoms with Gasteiger partial charge in [-0.05, 0) is 29.8 Å². The maximum absolute atomic E-state index is 14.2. The number of halogens is 5. The highest BCUT2D eigenvalue weighted by molar-refractivity contribution is 5.80. The summed E-state index contributed by atoms with van der Waals surface area (Å²) >= 11 is 0. The molecule has 0 saturated carbocycles. The van der Waals surface area contributed by atoms with E-state index in [1.807, 2.05) is 0 Å². The third-order valence-corrected chi connectivity index (χ3v) is 4.97. The molecular weight excluding hydrogens is 429 g/mol. The lowest BCUT2D eigenvalue weighted by molar-refractivity contribution is -0.138. The van der Waals surface area contributed by atoms with Gasteiger partial charge in [-0.3, -0.25) is 9.48 Å². The van der Waals surface area contributed by atoms with Crippen LogP contribution in [0.5, 0.6) is 0 Å². The Morgan fingerprint density at radius 2 is 1.62 bits per heavy atom. The number of para-hydroxylation sites is 1. The lowest BCUT2D eigenvalue weighted by Gasteiger charge is -2.15. The number of fused-ring (bicyclic) bond motifs is 1. The van der Waals surface area contributed by atoms with Crippen LogP contribution in [0.4, 0.5) is 27.8 Å². The van der Waals surface area contributed by atoms with Crippen molar-refractivity contribution in [2.45, 2.75) is 19.3 Å². The molecule has 164 valence electrons. The molecule has 1 heterocycles. The van der Waals surface area contributed by atoms with Gasteiger partial charge in [0.2, 0.25) is 5.43 Å². The predicted octanol–water partition coefficient (Wildman–Crippen LogP) is 5.35. The molecule has 32 heavy (non-hydrogen) atoms. The van der Waals surface area contributed by atoms with Crippen LogP contribution in [0.2, 0.25) is 0 Å². The van der Waals surface area contributed by atoms with Crippen molar-refractivity contribution in [1.29, 1.82) is 0 Å². The maximum Gasteiger partial charge on any atom is 0.416 e. The van der Waals surface area contributed by atoms with Gasteiger partial charge in [0.25, 0.3) is 0 Å². The molecule has 0 unspecified atom stereocenters. The normalized spacial score (nSPS) is 11.7. The number of rotatable bonds is 5. The van der Waals surface area contributed by atoms with Crippen LogP contribution in [0.15, 0.2) is 71.5 Å². The zero-order valence-electron chi connectivity index (χ0n) is 16.5. The molecule has 0 saturated heterocycles. The molecular formula is C23H16F5N3O. The van der Waals surface area contributed by atoms with Gasteiger partial charge in [-0.15, -0.1) is 0 Å². The summed E-state index contributed by atoms with van der Waals surface area (Å²) in [4.78, 5) is 12.9. The van der Waals surface area contributed by atoms with E-state index in [-0.39, 0.29) is 35.4 Å². The van der Waals surface area contributed by atoms with E-state index >= 15 is 0 Å². The number of nitrogens with zero attached hydrogens (tertiary/aromatic N) is 2. The van der Waals surface area contributed by atoms with Crippen molar-refractivity contribution < 1.29 is 22.0 Å². The number of aromatic nitrogens is 2. The van der Waals surface area contributed by atoms with Crippen molar-refractivity contribution in [2.24, 2.45) is 0 Å². The highest BCUT2D eigenvalue weighted by Gasteiger charge is 2.32. The average molecular weight is 445 g/mol. The van der Waals surface area contributed by atoms with Crippen molar-refractivity contribution in [3.8, 4) is 0 Å². The number of nitrogens with one attached hydrogen (secondary N) is 1. The topological polar surface area (TPSA) is 46.9 Å². The van der Waals surface area contributed by atoms with Gasteiger partial charge in [-0.25, -0.2) is 8.78 Å². The first kappa shape index (κ1) is 21.5. The van der Waals surface area contributed by atoms with Crippen LogP contribution >= 0.6 is 0 Å². The van der Waals surface area contributed by atoms with Crippen LogP contribution in [0.25, 0.3) is 10.9 Å². The van der Waals surface area contributed by atoms with Gasteiger partial charge in [0, 0.05) is 18.2 Å². The van der Waals surface area contributed by atoms with Gasteiger partial charge >= 0.3 is 6.18 Å². The molecule has 0 atom stereocenters. The van der Waals surface area contributed by atoms with Crippen LogP contribution in [0.1, 0.15) is 16.7 Å². The quantitative estimate of drug-likeness (QED) is 0.421. The van der Waals surface area contributed by atoms with Crippen molar-refractivity contribution >= 4 is 16.7 Å². The van der Waals surface area contributed by atoms with E-state index in [1.165, 1.54) is 28.9 Å². The summed E-state index contributed by atoms with van der Waals surface area (Å²) < 4.78 is 68.6. The Bertz CT molecular complexity index is 1350. The summed E-state index contributed by atoms with van der Waals surface area (Å²) in [6.07, 6.45) is -4.55. The fourth-order valence-corrected chi connectivity index (χ4v) is 3.42. The van der Waals surface area contributed by atoms with E-state index in [9.17, 15) is 26.7 Å². The number of alkyl halides is 3. The van der Waals surface area contributed by atoms with Crippen LogP contribution < -0.4 is 10.7 Å². The van der Waals surface area contributed by atoms with Gasteiger partial charge < -0.3 is 5.32 Å². The van der Waals surface area contributed by atoms with E-state index in [0.29, 0.717) is 5.52 Å². The monoisotopic (exact) mass is 445 g/mol. The molecule has 4 rings (SSSR count). The molecule has 0 fully saturated rings. The van der Waals surface area contributed by atoms with Gasteiger partial charge in [-0.1, -0.05) is 36.4 Å². The van der Waals surface area contributed by atoms with Crippen LogP contribution in [0, 0.1) is 11.6 Å². The Balaban J connectivity index is 1.73. The predicted molar refractivity (Wildman–Crippen MR) is 110 cm³/mol. The second-order valence-corrected chi connectivity index (χ2v) is 7.10. The zero-order chi connectivity index (χ0) is 22.9. The molecule has 0 aliphatic rings. The summed E-state index contributed by atoms with van der Waals surface area (Å²) in [5.74, 6) is -1.68. The molecule has 0 radical (unpaired) electrons. The lowest BCUT2D eigenvalue weighted by atomic mass is 10.1. The Morgan fingerprint density at radius 3 is 2.38 bits per heavy atom. The minimum Gasteiger partial charge on any atom is -0.361 e. The smallest absolute Gasteiger partial charge is 0.361 e. The first-order chi connectivity index (χ1) is 15.2. The molecule has 0 aliphatic carbocycles. The molecule has 9 heteroatoms. The van der Waals surface area contributed by atoms with Crippen molar-refractivity contribution in [3.63, 3.8) is 0 Å². The molecule has 1 aromatic heterocycles. The number of hydrogen-bond acceptors (Lipinski definition) is 3. The molecule has 1 N–H and O–H groups in total. The number of hydrogen-bond donors (Lipinski definition) is 1. The highest BCUT2D eigenvalue weighted by atomic mass is 19.4. The van der Waals surface area contributed by atoms with Crippen LogP contribution in [-0.2, 0) is 19.3 Å². The SMILES string of the molecule is O=c1c(NCc2ccccc2C(F)(F)F)nn(Cc2ccc(F)cc2F)c2ccccc12. The van der Waals surface area contributed by atoms with Crippen LogP contribution in [0.3, 0.4) is 0 Å². The molecule has 0 bridgehead atoms. The lowest BCUT2D eigenvalue weighted by Crippen LogP contribution is -2.21. The van der Waals surface area contributed by atoms with Gasteiger partial charge in [0.05, 0.1) is 23.0 Å². The van der Waals surface area contributed by atoms with Crippen molar-refractivity contribution in [3.05, 3.63) is 105 Å². The van der Waals surface area contributed by atoms with E-state index in [0.717, 1.165) is 18.2 Å². The number of benzene rings is 3. The van der Waals surface area contributed by atoms with E-state index in [1.54, 1.807) is 24.3 Å². The summed E-state index contributed by atoms with van der Waals surface area (Å²) in [5.41, 5.74) is -0.822. The fraction of sp³-hybridized carbons (Fsp3) is 0.130. The second-order valence-electron chi connectivity index (χ2n) is 7.10. The summed E-state index contributed by atoms with van der Waals surface area (Å²) in [5, 5.41) is 7.16. The first-order valence-electron chi connectivity index (χ1n) is 9.57. The molecule has 0 spiro atoms. The second kappa shape index (κ2) is 8.41. The zero-order valence-corrected chi connectivity index (χ0v) is 16.5. The molecule has 4 nitrogen and oxygen atoms in total. The van der Waals surface area contributed by atoms with E-state index in [2.05, 4.69) is 10.4 Å². The first-order valence-corrected chi connectivity index (χ1v) is 9.57. The maximum atomic E-state index is 14.2. The number of anilines is 1. The van der Waals surface area contributed by atoms with Gasteiger partial charge in [0.1, 0.15) is 11.6 Å². The van der Waals surface area contributed by atoms with Gasteiger partial charge in [-0.2, -0.15) is 18.3 Å². The summed E-state index contributed by atoms with van der Waals surface area (Å²) in [6, 6.07) is 14.6. The van der Waals surface area contributed by atoms with Crippen molar-refractivity contribution in [2.75, 3.05) is 5.32 Å². The molecule has 3 aromatic carbocycles. The Labute approximate surface area is 178 Å². The van der Waals surface area contributed by atoms with Gasteiger partial charge in [0.15, 0.2) is 5.82 Å². The molecule has 0 amide bonds. The summed E-state index contributed by atoms with van der Waals surface area (Å²) in [7, 11) is 0. The van der Waals surface area contributed by atoms with E-state index < -0.39 is 28.8 Å². The summed E-state index contributed by atoms with van der Waals surface area (Å²) in [6.45, 7) is -0.401. The fourth-order valence-electron chi connectivity index (χ4n) is 3.42.